The van der Waals surface area contributed by atoms with Crippen molar-refractivity contribution in [2.75, 3.05) is 46.3 Å². The summed E-state index contributed by atoms with van der Waals surface area (Å²) in [5.41, 5.74) is 1.88. The van der Waals surface area contributed by atoms with E-state index >= 15 is 0 Å². The number of carbonyl (C=O) groups is 1. The Labute approximate surface area is 158 Å². The third-order valence-corrected chi connectivity index (χ3v) is 6.36. The molecule has 26 heavy (non-hydrogen) atoms. The summed E-state index contributed by atoms with van der Waals surface area (Å²) in [5, 5.41) is 0. The first-order chi connectivity index (χ1) is 12.6. The molecule has 0 aliphatic carbocycles. The van der Waals surface area contributed by atoms with Crippen LogP contribution in [0.3, 0.4) is 0 Å². The van der Waals surface area contributed by atoms with Crippen molar-refractivity contribution < 1.29 is 4.79 Å². The second kappa shape index (κ2) is 9.05. The van der Waals surface area contributed by atoms with E-state index in [1.807, 2.05) is 17.0 Å². The topological polar surface area (TPSA) is 42.6 Å². The Morgan fingerprint density at radius 2 is 1.81 bits per heavy atom. The number of likely N-dealkylation sites (tertiary alicyclic amines) is 2. The summed E-state index contributed by atoms with van der Waals surface area (Å²) in [7, 11) is 2.23. The summed E-state index contributed by atoms with van der Waals surface area (Å²) in [4.78, 5) is 23.2. The molecule has 5 heteroatoms. The van der Waals surface area contributed by atoms with E-state index in [1.54, 1.807) is 0 Å². The predicted octanol–water partition coefficient (Wildman–Crippen LogP) is 2.85. The van der Waals surface area contributed by atoms with Crippen LogP contribution in [0.1, 0.15) is 55.7 Å². The average molecular weight is 361 g/mol. The predicted molar refractivity (Wildman–Crippen MR) is 107 cm³/mol. The fraction of sp³-hybridized carbons (Fsp3) is 0.762. The Morgan fingerprint density at radius 1 is 1.12 bits per heavy atom. The number of hydrogen-bond donors (Lipinski definition) is 1. The molecular weight excluding hydrogens is 324 g/mol. The summed E-state index contributed by atoms with van der Waals surface area (Å²) in [6.07, 6.45) is 6.01. The average Bonchev–Trinajstić information content (AvgIpc) is 3.16. The molecular formula is C21H36N4O. The molecule has 5 nitrogen and oxygen atoms in total. The molecule has 2 aliphatic heterocycles. The lowest BCUT2D eigenvalue weighted by molar-refractivity contribution is 0.0607. The van der Waals surface area contributed by atoms with Gasteiger partial charge in [0, 0.05) is 24.8 Å². The SMILES string of the molecule is CCc1ccc(C(=O)N(CC)CC2CCN(C3CCN(C)CC3)CC2)[nH]1. The Kier molecular flexibility index (Phi) is 6.76. The highest BCUT2D eigenvalue weighted by atomic mass is 16.2. The number of hydrogen-bond acceptors (Lipinski definition) is 3. The van der Waals surface area contributed by atoms with E-state index in [4.69, 9.17) is 0 Å². The van der Waals surface area contributed by atoms with Crippen LogP contribution in [0.5, 0.6) is 0 Å². The number of amides is 1. The van der Waals surface area contributed by atoms with Crippen LogP contribution in [-0.2, 0) is 6.42 Å². The zero-order valence-electron chi connectivity index (χ0n) is 16.8. The van der Waals surface area contributed by atoms with Crippen LogP contribution in [0.2, 0.25) is 0 Å². The first kappa shape index (κ1) is 19.4. The van der Waals surface area contributed by atoms with Gasteiger partial charge in [-0.25, -0.2) is 0 Å². The van der Waals surface area contributed by atoms with E-state index in [-0.39, 0.29) is 5.91 Å². The van der Waals surface area contributed by atoms with Gasteiger partial charge in [0.2, 0.25) is 0 Å². The minimum Gasteiger partial charge on any atom is -0.354 e. The highest BCUT2D eigenvalue weighted by molar-refractivity contribution is 5.92. The molecule has 0 bridgehead atoms. The Hall–Kier alpha value is -1.33. The fourth-order valence-corrected chi connectivity index (χ4v) is 4.47. The molecule has 3 heterocycles. The lowest BCUT2D eigenvalue weighted by atomic mass is 9.93. The van der Waals surface area contributed by atoms with Gasteiger partial charge in [-0.15, -0.1) is 0 Å². The molecule has 146 valence electrons. The Balaban J connectivity index is 1.48. The van der Waals surface area contributed by atoms with Crippen molar-refractivity contribution in [1.82, 2.24) is 19.7 Å². The number of nitrogens with zero attached hydrogens (tertiary/aromatic N) is 3. The number of aryl methyl sites for hydroxylation is 1. The van der Waals surface area contributed by atoms with Crippen LogP contribution in [0.4, 0.5) is 0 Å². The van der Waals surface area contributed by atoms with Gasteiger partial charge in [-0.05, 0) is 90.3 Å². The number of nitrogens with one attached hydrogen (secondary N) is 1. The molecule has 3 rings (SSSR count). The molecule has 1 N–H and O–H groups in total. The molecule has 1 amide bonds. The van der Waals surface area contributed by atoms with Crippen molar-refractivity contribution in [3.63, 3.8) is 0 Å². The van der Waals surface area contributed by atoms with Gasteiger partial charge in [0.25, 0.3) is 5.91 Å². The van der Waals surface area contributed by atoms with Crippen LogP contribution >= 0.6 is 0 Å². The second-order valence-corrected chi connectivity index (χ2v) is 8.11. The lowest BCUT2D eigenvalue weighted by Gasteiger charge is -2.41. The number of H-pyrrole nitrogens is 1. The van der Waals surface area contributed by atoms with E-state index < -0.39 is 0 Å². The van der Waals surface area contributed by atoms with Crippen LogP contribution in [0.15, 0.2) is 12.1 Å². The smallest absolute Gasteiger partial charge is 0.270 e. The number of aromatic amines is 1. The molecule has 0 spiro atoms. The van der Waals surface area contributed by atoms with Crippen molar-refractivity contribution in [2.45, 2.75) is 52.0 Å². The zero-order chi connectivity index (χ0) is 18.5. The first-order valence-electron chi connectivity index (χ1n) is 10.5. The quantitative estimate of drug-likeness (QED) is 0.848. The van der Waals surface area contributed by atoms with Gasteiger partial charge in [0.15, 0.2) is 0 Å². The second-order valence-electron chi connectivity index (χ2n) is 8.11. The van der Waals surface area contributed by atoms with Gasteiger partial charge in [0.05, 0.1) is 0 Å². The van der Waals surface area contributed by atoms with Crippen molar-refractivity contribution in [2.24, 2.45) is 5.92 Å². The van der Waals surface area contributed by atoms with Crippen molar-refractivity contribution in [3.8, 4) is 0 Å². The van der Waals surface area contributed by atoms with Crippen LogP contribution < -0.4 is 0 Å². The molecule has 2 saturated heterocycles. The summed E-state index contributed by atoms with van der Waals surface area (Å²) in [6.45, 7) is 10.8. The molecule has 2 fully saturated rings. The highest BCUT2D eigenvalue weighted by Crippen LogP contribution is 2.24. The largest absolute Gasteiger partial charge is 0.354 e. The monoisotopic (exact) mass is 360 g/mol. The molecule has 0 aromatic carbocycles. The maximum Gasteiger partial charge on any atom is 0.270 e. The van der Waals surface area contributed by atoms with E-state index in [0.717, 1.165) is 36.9 Å². The van der Waals surface area contributed by atoms with Gasteiger partial charge < -0.3 is 19.7 Å². The lowest BCUT2D eigenvalue weighted by Crippen LogP contribution is -2.48. The molecule has 0 unspecified atom stereocenters. The van der Waals surface area contributed by atoms with Gasteiger partial charge in [-0.1, -0.05) is 6.92 Å². The van der Waals surface area contributed by atoms with E-state index in [2.05, 4.69) is 35.7 Å². The Morgan fingerprint density at radius 3 is 2.38 bits per heavy atom. The van der Waals surface area contributed by atoms with Crippen LogP contribution in [-0.4, -0.2) is 77.9 Å². The summed E-state index contributed by atoms with van der Waals surface area (Å²) in [5.74, 6) is 0.798. The van der Waals surface area contributed by atoms with Crippen LogP contribution in [0, 0.1) is 5.92 Å². The normalized spacial score (nSPS) is 21.2. The number of carbonyl (C=O) groups excluding carboxylic acids is 1. The molecule has 1 aromatic heterocycles. The maximum absolute atomic E-state index is 12.8. The maximum atomic E-state index is 12.8. The van der Waals surface area contributed by atoms with Crippen molar-refractivity contribution in [3.05, 3.63) is 23.5 Å². The number of piperidine rings is 2. The zero-order valence-corrected chi connectivity index (χ0v) is 16.8. The fourth-order valence-electron chi connectivity index (χ4n) is 4.47. The van der Waals surface area contributed by atoms with Gasteiger partial charge >= 0.3 is 0 Å². The van der Waals surface area contributed by atoms with E-state index in [0.29, 0.717) is 5.92 Å². The molecule has 0 saturated carbocycles. The van der Waals surface area contributed by atoms with E-state index in [9.17, 15) is 4.79 Å². The molecule has 0 atom stereocenters. The third-order valence-electron chi connectivity index (χ3n) is 6.36. The van der Waals surface area contributed by atoms with Crippen LogP contribution in [0.25, 0.3) is 0 Å². The summed E-state index contributed by atoms with van der Waals surface area (Å²) < 4.78 is 0. The first-order valence-corrected chi connectivity index (χ1v) is 10.5. The molecule has 0 radical (unpaired) electrons. The summed E-state index contributed by atoms with van der Waals surface area (Å²) in [6, 6.07) is 4.75. The molecule has 2 aliphatic rings. The minimum atomic E-state index is 0.157. The van der Waals surface area contributed by atoms with Crippen molar-refractivity contribution in [1.29, 1.82) is 0 Å². The van der Waals surface area contributed by atoms with Gasteiger partial charge in [-0.3, -0.25) is 4.79 Å². The number of aromatic nitrogens is 1. The summed E-state index contributed by atoms with van der Waals surface area (Å²) >= 11 is 0. The minimum absolute atomic E-state index is 0.157. The third kappa shape index (κ3) is 4.68. The Bertz CT molecular complexity index is 568. The standard InChI is InChI=1S/C21H36N4O/c1-4-18-6-7-20(22-18)21(26)24(5-2)16-17-8-14-25(15-9-17)19-10-12-23(3)13-11-19/h6-7,17,19,22H,4-5,8-16H2,1-3H3. The van der Waals surface area contributed by atoms with Gasteiger partial charge in [-0.2, -0.15) is 0 Å². The van der Waals surface area contributed by atoms with Gasteiger partial charge in [0.1, 0.15) is 5.69 Å². The van der Waals surface area contributed by atoms with E-state index in [1.165, 1.54) is 51.9 Å². The number of rotatable bonds is 6. The molecule has 1 aromatic rings. The van der Waals surface area contributed by atoms with Crippen molar-refractivity contribution >= 4 is 5.91 Å². The highest BCUT2D eigenvalue weighted by Gasteiger charge is 2.29.